The molecule has 8 aromatic rings. The first-order valence-corrected chi connectivity index (χ1v) is 36.4. The van der Waals surface area contributed by atoms with Crippen molar-refractivity contribution < 1.29 is 40.1 Å². The van der Waals surface area contributed by atoms with Crippen molar-refractivity contribution in [3.8, 4) is 46.0 Å². The van der Waals surface area contributed by atoms with Gasteiger partial charge in [0.15, 0.2) is 0 Å². The molecule has 2 aliphatic carbocycles. The standard InChI is InChI=1S/C92H116O8/c1-85(2,3)69-37-53-29-57-41-71(87(7,8)9)45-61(79(57)95)33-65-49-75(91(19,20)21)50-66(34-62-46-72(88(10,11)12)42-58(80(62)96)30-54(38-69)77(53)93)83(65)99-27-25-26-28-100-84-67-35-63-47-73(89(13,14)15)43-59(81(63)97)31-55-39-70(86(4,5)6)40-56(78(55)94)32-60-44-74(90(16,17)18)48-64(82(60)98)36-68(84)52-76(51-67)92(22,23)24/h25-26,37-52,93-98H,27-36H2,1-24H3/b26-25+. The van der Waals surface area contributed by atoms with Crippen molar-refractivity contribution in [2.24, 2.45) is 0 Å². The average molecular weight is 1350 g/mol. The van der Waals surface area contributed by atoms with Gasteiger partial charge in [-0.15, -0.1) is 0 Å². The van der Waals surface area contributed by atoms with Crippen LogP contribution in [0.25, 0.3) is 0 Å². The Morgan fingerprint density at radius 3 is 0.440 bits per heavy atom. The van der Waals surface area contributed by atoms with Gasteiger partial charge in [-0.25, -0.2) is 0 Å². The highest BCUT2D eigenvalue weighted by atomic mass is 16.5. The Morgan fingerprint density at radius 1 is 0.210 bits per heavy atom. The second-order valence-corrected chi connectivity index (χ2v) is 37.6. The van der Waals surface area contributed by atoms with Crippen LogP contribution in [0.3, 0.4) is 0 Å². The fraction of sp³-hybridized carbons (Fsp3) is 0.457. The molecular weight excluding hydrogens is 1230 g/mol. The number of aromatic hydroxyl groups is 6. The minimum Gasteiger partial charge on any atom is -0.507 e. The van der Waals surface area contributed by atoms with E-state index >= 15 is 0 Å². The summed E-state index contributed by atoms with van der Waals surface area (Å²) < 4.78 is 14.4. The number of ether oxygens (including phenoxy) is 2. The van der Waals surface area contributed by atoms with E-state index in [1.54, 1.807) is 0 Å². The summed E-state index contributed by atoms with van der Waals surface area (Å²) in [5.41, 5.74) is 18.8. The van der Waals surface area contributed by atoms with Gasteiger partial charge in [-0.05, 0) is 189 Å². The normalized spacial score (nSPS) is 14.4. The summed E-state index contributed by atoms with van der Waals surface area (Å²) >= 11 is 0. The molecule has 0 atom stereocenters. The van der Waals surface area contributed by atoms with Gasteiger partial charge in [0, 0.05) is 51.4 Å². The quantitative estimate of drug-likeness (QED) is 0.0905. The summed E-state index contributed by atoms with van der Waals surface area (Å²) in [5.74, 6) is 2.46. The molecule has 2 aliphatic rings. The number of phenols is 6. The van der Waals surface area contributed by atoms with E-state index in [4.69, 9.17) is 9.47 Å². The molecule has 16 bridgehead atoms. The Balaban J connectivity index is 1.11. The molecule has 8 aromatic carbocycles. The zero-order valence-electron chi connectivity index (χ0n) is 65.0. The van der Waals surface area contributed by atoms with Crippen molar-refractivity contribution in [3.63, 3.8) is 0 Å². The lowest BCUT2D eigenvalue weighted by molar-refractivity contribution is 0.343. The smallest absolute Gasteiger partial charge is 0.126 e. The number of rotatable bonds is 6. The van der Waals surface area contributed by atoms with Crippen LogP contribution in [0.4, 0.5) is 0 Å². The third-order valence-electron chi connectivity index (χ3n) is 20.9. The lowest BCUT2D eigenvalue weighted by Crippen LogP contribution is -2.16. The van der Waals surface area contributed by atoms with Crippen LogP contribution in [0.1, 0.15) is 300 Å². The molecule has 0 aliphatic heterocycles. The fourth-order valence-electron chi connectivity index (χ4n) is 14.1. The molecule has 0 radical (unpaired) electrons. The summed E-state index contributed by atoms with van der Waals surface area (Å²) in [6.45, 7) is 53.0. The Hall–Kier alpha value is -8.10. The zero-order chi connectivity index (χ0) is 73.7. The largest absolute Gasteiger partial charge is 0.507 e. The second kappa shape index (κ2) is 26.7. The van der Waals surface area contributed by atoms with Gasteiger partial charge < -0.3 is 40.1 Å². The predicted octanol–water partition coefficient (Wildman–Crippen LogP) is 21.7. The van der Waals surface area contributed by atoms with Crippen LogP contribution in [0.5, 0.6) is 46.0 Å². The molecule has 532 valence electrons. The van der Waals surface area contributed by atoms with Gasteiger partial charge in [0.05, 0.1) is 0 Å². The Morgan fingerprint density at radius 2 is 0.320 bits per heavy atom. The van der Waals surface area contributed by atoms with Gasteiger partial charge in [-0.2, -0.15) is 0 Å². The van der Waals surface area contributed by atoms with Crippen LogP contribution >= 0.6 is 0 Å². The monoisotopic (exact) mass is 1350 g/mol. The molecule has 8 heteroatoms. The molecule has 0 saturated heterocycles. The molecule has 0 fully saturated rings. The van der Waals surface area contributed by atoms with Crippen molar-refractivity contribution in [1.82, 2.24) is 0 Å². The number of fused-ring (bicyclic) bond motifs is 16. The molecule has 0 spiro atoms. The molecule has 10 rings (SSSR count). The van der Waals surface area contributed by atoms with E-state index in [1.165, 1.54) is 0 Å². The maximum Gasteiger partial charge on any atom is 0.126 e. The van der Waals surface area contributed by atoms with E-state index in [0.29, 0.717) is 62.9 Å². The average Bonchev–Trinajstić information content (AvgIpc) is 0.770. The highest BCUT2D eigenvalue weighted by Gasteiger charge is 2.32. The van der Waals surface area contributed by atoms with Gasteiger partial charge in [-0.1, -0.05) is 263 Å². The van der Waals surface area contributed by atoms with Gasteiger partial charge in [0.2, 0.25) is 0 Å². The van der Waals surface area contributed by atoms with E-state index in [9.17, 15) is 30.6 Å². The Bertz CT molecular complexity index is 3970. The molecule has 0 aromatic heterocycles. The second-order valence-electron chi connectivity index (χ2n) is 37.6. The van der Waals surface area contributed by atoms with E-state index < -0.39 is 0 Å². The number of hydrogen-bond donors (Lipinski definition) is 6. The third kappa shape index (κ3) is 16.3. The third-order valence-corrected chi connectivity index (χ3v) is 20.9. The van der Waals surface area contributed by atoms with Crippen molar-refractivity contribution in [1.29, 1.82) is 0 Å². The van der Waals surface area contributed by atoms with Gasteiger partial charge in [0.1, 0.15) is 59.2 Å². The van der Waals surface area contributed by atoms with Crippen LogP contribution in [0, 0.1) is 0 Å². The molecule has 100 heavy (non-hydrogen) atoms. The molecule has 0 unspecified atom stereocenters. The summed E-state index contributed by atoms with van der Waals surface area (Å²) in [5, 5.41) is 75.8. The van der Waals surface area contributed by atoms with E-state index in [1.807, 2.05) is 12.2 Å². The maximum absolute atomic E-state index is 12.8. The number of phenolic OH excluding ortho intramolecular Hbond substituents is 6. The summed E-state index contributed by atoms with van der Waals surface area (Å²) in [6.07, 6.45) is 6.54. The molecule has 0 heterocycles. The first kappa shape index (κ1) is 74.6. The van der Waals surface area contributed by atoms with Gasteiger partial charge >= 0.3 is 0 Å². The summed E-state index contributed by atoms with van der Waals surface area (Å²) in [4.78, 5) is 0. The Kier molecular flexibility index (Phi) is 19.9. The van der Waals surface area contributed by atoms with Crippen molar-refractivity contribution >= 4 is 0 Å². The van der Waals surface area contributed by atoms with E-state index in [2.05, 4.69) is 263 Å². The highest BCUT2D eigenvalue weighted by molar-refractivity contribution is 5.62. The van der Waals surface area contributed by atoms with Gasteiger partial charge in [0.25, 0.3) is 0 Å². The topological polar surface area (TPSA) is 140 Å². The first-order chi connectivity index (χ1) is 46.0. The SMILES string of the molecule is CC(C)(C)c1cc2c(O)c(c1)Cc1cc(C(C)(C)C)cc(c1O)Cc1cc(C(C)(C)C)cc(c1OC/C=C/COc1c3cc(C(C)(C)C)cc1Cc1cc(C(C)(C)C)cc(c1O)Cc1cc(C(C)(C)C)cc(c1O)Cc1cc(C(C)(C)C)cc(c1O)C3)Cc1cc(C(C)(C)C)cc(c1O)C2. The minimum atomic E-state index is -0.289. The zero-order valence-corrected chi connectivity index (χ0v) is 65.0. The van der Waals surface area contributed by atoms with Crippen molar-refractivity contribution in [2.75, 3.05) is 13.2 Å². The summed E-state index contributed by atoms with van der Waals surface area (Å²) in [7, 11) is 0. The lowest BCUT2D eigenvalue weighted by atomic mass is 9.79. The van der Waals surface area contributed by atoms with Crippen molar-refractivity contribution in [3.05, 3.63) is 243 Å². The van der Waals surface area contributed by atoms with Crippen LogP contribution in [-0.2, 0) is 94.7 Å². The fourth-order valence-corrected chi connectivity index (χ4v) is 14.1. The predicted molar refractivity (Wildman–Crippen MR) is 414 cm³/mol. The van der Waals surface area contributed by atoms with Crippen molar-refractivity contribution in [2.45, 2.75) is 261 Å². The molecule has 6 N–H and O–H groups in total. The highest BCUT2D eigenvalue weighted by Crippen LogP contribution is 2.47. The summed E-state index contributed by atoms with van der Waals surface area (Å²) in [6, 6.07) is 34.2. The van der Waals surface area contributed by atoms with Crippen LogP contribution in [0.15, 0.2) is 109 Å². The van der Waals surface area contributed by atoms with Gasteiger partial charge in [-0.3, -0.25) is 0 Å². The van der Waals surface area contributed by atoms with Crippen LogP contribution in [0.2, 0.25) is 0 Å². The first-order valence-electron chi connectivity index (χ1n) is 36.4. The minimum absolute atomic E-state index is 0.171. The molecule has 0 saturated carbocycles. The number of hydrogen-bond acceptors (Lipinski definition) is 8. The van der Waals surface area contributed by atoms with E-state index in [-0.39, 0.29) is 91.0 Å². The Labute approximate surface area is 599 Å². The lowest BCUT2D eigenvalue weighted by Gasteiger charge is -2.27. The van der Waals surface area contributed by atoms with E-state index in [0.717, 1.165) is 134 Å². The maximum atomic E-state index is 12.8. The van der Waals surface area contributed by atoms with Crippen LogP contribution in [-0.4, -0.2) is 43.9 Å². The number of benzene rings is 8. The molecule has 8 nitrogen and oxygen atoms in total. The molecular formula is C92H116O8. The van der Waals surface area contributed by atoms with Crippen LogP contribution < -0.4 is 9.47 Å². The molecule has 0 amide bonds.